The van der Waals surface area contributed by atoms with Gasteiger partial charge >= 0.3 is 0 Å². The molecular formula is C22H32N2O4S. The van der Waals surface area contributed by atoms with Crippen LogP contribution in [0.1, 0.15) is 36.0 Å². The van der Waals surface area contributed by atoms with Crippen LogP contribution in [0.4, 0.5) is 0 Å². The maximum atomic E-state index is 11.5. The van der Waals surface area contributed by atoms with Crippen molar-refractivity contribution in [1.29, 1.82) is 0 Å². The highest BCUT2D eigenvalue weighted by Crippen LogP contribution is 2.22. The van der Waals surface area contributed by atoms with Gasteiger partial charge in [0.25, 0.3) is 10.1 Å². The molecule has 0 spiro atoms. The summed E-state index contributed by atoms with van der Waals surface area (Å²) in [5, 5.41) is 0. The van der Waals surface area contributed by atoms with Gasteiger partial charge in [0.15, 0.2) is 0 Å². The minimum atomic E-state index is -3.54. The average molecular weight is 421 g/mol. The Kier molecular flexibility index (Phi) is 8.19. The fraction of sp³-hybridized carbons (Fsp3) is 0.500. The summed E-state index contributed by atoms with van der Waals surface area (Å²) >= 11 is 0. The zero-order chi connectivity index (χ0) is 21.6. The molecule has 0 aliphatic heterocycles. The van der Waals surface area contributed by atoms with Gasteiger partial charge in [0.1, 0.15) is 5.82 Å². The maximum Gasteiger partial charge on any atom is 0.264 e. The molecule has 0 unspecified atom stereocenters. The van der Waals surface area contributed by atoms with Crippen molar-refractivity contribution in [2.45, 2.75) is 46.6 Å². The Morgan fingerprint density at radius 1 is 1.21 bits per heavy atom. The van der Waals surface area contributed by atoms with Crippen LogP contribution < -0.4 is 0 Å². The monoisotopic (exact) mass is 420 g/mol. The Morgan fingerprint density at radius 3 is 2.41 bits per heavy atom. The Bertz CT molecular complexity index is 915. The van der Waals surface area contributed by atoms with Crippen LogP contribution in [0.15, 0.2) is 36.9 Å². The van der Waals surface area contributed by atoms with Crippen LogP contribution in [0.5, 0.6) is 0 Å². The molecule has 2 aromatic rings. The van der Waals surface area contributed by atoms with E-state index in [1.165, 1.54) is 0 Å². The minimum Gasteiger partial charge on any atom is -0.371 e. The summed E-state index contributed by atoms with van der Waals surface area (Å²) in [5.41, 5.74) is 4.34. The van der Waals surface area contributed by atoms with Crippen molar-refractivity contribution in [3.8, 4) is 5.82 Å². The SMILES string of the molecule is C=CCO[C@@H](COS(C)(=O)=O)[C@@H](CC)Cc1cc(C)cc(-n2c(C)ccc2C)n1. The zero-order valence-corrected chi connectivity index (χ0v) is 18.8. The molecule has 7 heteroatoms. The summed E-state index contributed by atoms with van der Waals surface area (Å²) < 4.78 is 35.9. The molecule has 0 aromatic carbocycles. The molecule has 2 rings (SSSR count). The van der Waals surface area contributed by atoms with Crippen LogP contribution in [-0.4, -0.2) is 43.5 Å². The first-order valence-corrected chi connectivity index (χ1v) is 11.7. The lowest BCUT2D eigenvalue weighted by molar-refractivity contribution is -0.00283. The highest BCUT2D eigenvalue weighted by atomic mass is 32.2. The molecule has 0 radical (unpaired) electrons. The fourth-order valence-electron chi connectivity index (χ4n) is 3.48. The van der Waals surface area contributed by atoms with Gasteiger partial charge in [0.2, 0.25) is 0 Å². The van der Waals surface area contributed by atoms with Crippen molar-refractivity contribution in [3.63, 3.8) is 0 Å². The minimum absolute atomic E-state index is 0.0142. The molecule has 0 saturated heterocycles. The summed E-state index contributed by atoms with van der Waals surface area (Å²) in [4.78, 5) is 4.89. The van der Waals surface area contributed by atoms with Crippen LogP contribution in [0.2, 0.25) is 0 Å². The van der Waals surface area contributed by atoms with Crippen molar-refractivity contribution in [2.24, 2.45) is 5.92 Å². The van der Waals surface area contributed by atoms with E-state index < -0.39 is 10.1 Å². The van der Waals surface area contributed by atoms with E-state index in [2.05, 4.69) is 63.1 Å². The molecule has 0 saturated carbocycles. The van der Waals surface area contributed by atoms with Gasteiger partial charge in [0.05, 0.1) is 25.6 Å². The van der Waals surface area contributed by atoms with Crippen LogP contribution in [-0.2, 0) is 25.5 Å². The summed E-state index contributed by atoms with van der Waals surface area (Å²) in [6.07, 6.45) is 3.81. The second kappa shape index (κ2) is 10.2. The number of hydrogen-bond donors (Lipinski definition) is 0. The molecule has 2 atom stereocenters. The highest BCUT2D eigenvalue weighted by Gasteiger charge is 2.24. The molecule has 0 N–H and O–H groups in total. The van der Waals surface area contributed by atoms with Gasteiger partial charge in [-0.1, -0.05) is 19.4 Å². The van der Waals surface area contributed by atoms with Crippen molar-refractivity contribution >= 4 is 10.1 Å². The van der Waals surface area contributed by atoms with E-state index >= 15 is 0 Å². The lowest BCUT2D eigenvalue weighted by Crippen LogP contribution is -2.32. The molecule has 29 heavy (non-hydrogen) atoms. The van der Waals surface area contributed by atoms with Gasteiger partial charge in [-0.05, 0) is 62.9 Å². The average Bonchev–Trinajstić information content (AvgIpc) is 2.97. The smallest absolute Gasteiger partial charge is 0.264 e. The fourth-order valence-corrected chi connectivity index (χ4v) is 3.86. The number of ether oxygens (including phenoxy) is 1. The zero-order valence-electron chi connectivity index (χ0n) is 18.0. The first-order valence-electron chi connectivity index (χ1n) is 9.84. The summed E-state index contributed by atoms with van der Waals surface area (Å²) in [6.45, 7) is 12.2. The van der Waals surface area contributed by atoms with E-state index in [0.29, 0.717) is 13.0 Å². The number of pyridine rings is 1. The molecule has 0 aliphatic carbocycles. The van der Waals surface area contributed by atoms with Crippen LogP contribution >= 0.6 is 0 Å². The largest absolute Gasteiger partial charge is 0.371 e. The molecular weight excluding hydrogens is 388 g/mol. The second-order valence-electron chi connectivity index (χ2n) is 7.47. The summed E-state index contributed by atoms with van der Waals surface area (Å²) in [7, 11) is -3.54. The molecule has 2 heterocycles. The Balaban J connectivity index is 2.28. The van der Waals surface area contributed by atoms with Gasteiger partial charge in [0, 0.05) is 17.1 Å². The quantitative estimate of drug-likeness (QED) is 0.407. The van der Waals surface area contributed by atoms with E-state index in [4.69, 9.17) is 13.9 Å². The standard InChI is InChI=1S/C22H32N2O4S/c1-7-11-27-21(15-28-29(6,25)26)19(8-2)14-20-12-16(3)13-22(23-20)24-17(4)9-10-18(24)5/h7,9-10,12-13,19,21H,1,8,11,14-15H2,2-6H3/t19-,21-/m0/s1. The number of rotatable bonds is 11. The van der Waals surface area contributed by atoms with E-state index in [1.54, 1.807) is 6.08 Å². The van der Waals surface area contributed by atoms with Gasteiger partial charge in [-0.3, -0.25) is 4.18 Å². The van der Waals surface area contributed by atoms with Crippen LogP contribution in [0.3, 0.4) is 0 Å². The first-order chi connectivity index (χ1) is 13.6. The normalized spacial score (nSPS) is 14.0. The third kappa shape index (κ3) is 6.80. The van der Waals surface area contributed by atoms with E-state index in [0.717, 1.165) is 41.1 Å². The predicted octanol–water partition coefficient (Wildman–Crippen LogP) is 3.91. The lowest BCUT2D eigenvalue weighted by Gasteiger charge is -2.26. The summed E-state index contributed by atoms with van der Waals surface area (Å²) in [6, 6.07) is 8.30. The lowest BCUT2D eigenvalue weighted by atomic mass is 9.93. The van der Waals surface area contributed by atoms with E-state index in [9.17, 15) is 8.42 Å². The van der Waals surface area contributed by atoms with E-state index in [-0.39, 0.29) is 18.6 Å². The topological polar surface area (TPSA) is 70.4 Å². The molecule has 0 fully saturated rings. The van der Waals surface area contributed by atoms with Crippen molar-refractivity contribution < 1.29 is 17.3 Å². The number of nitrogens with zero attached hydrogens (tertiary/aromatic N) is 2. The van der Waals surface area contributed by atoms with Crippen molar-refractivity contribution in [1.82, 2.24) is 9.55 Å². The maximum absolute atomic E-state index is 11.5. The van der Waals surface area contributed by atoms with Gasteiger partial charge < -0.3 is 9.30 Å². The van der Waals surface area contributed by atoms with Crippen molar-refractivity contribution in [2.75, 3.05) is 19.5 Å². The van der Waals surface area contributed by atoms with Crippen molar-refractivity contribution in [3.05, 3.63) is 59.6 Å². The van der Waals surface area contributed by atoms with Gasteiger partial charge in [-0.25, -0.2) is 4.98 Å². The molecule has 0 amide bonds. The third-order valence-electron chi connectivity index (χ3n) is 4.91. The highest BCUT2D eigenvalue weighted by molar-refractivity contribution is 7.85. The first kappa shape index (κ1) is 23.3. The number of aromatic nitrogens is 2. The molecule has 160 valence electrons. The second-order valence-corrected chi connectivity index (χ2v) is 9.11. The summed E-state index contributed by atoms with van der Waals surface area (Å²) in [5.74, 6) is 0.955. The van der Waals surface area contributed by atoms with Crippen LogP contribution in [0.25, 0.3) is 5.82 Å². The molecule has 0 aliphatic rings. The molecule has 0 bridgehead atoms. The van der Waals surface area contributed by atoms with E-state index in [1.807, 2.05) is 0 Å². The number of aryl methyl sites for hydroxylation is 3. The molecule has 2 aromatic heterocycles. The number of hydrogen-bond acceptors (Lipinski definition) is 5. The Labute approximate surface area is 174 Å². The predicted molar refractivity (Wildman–Crippen MR) is 116 cm³/mol. The van der Waals surface area contributed by atoms with Crippen LogP contribution in [0, 0.1) is 26.7 Å². The van der Waals surface area contributed by atoms with Gasteiger partial charge in [-0.15, -0.1) is 6.58 Å². The Morgan fingerprint density at radius 2 is 1.86 bits per heavy atom. The van der Waals surface area contributed by atoms with Gasteiger partial charge in [-0.2, -0.15) is 8.42 Å². The Hall–Kier alpha value is -1.96. The molecule has 6 nitrogen and oxygen atoms in total. The third-order valence-corrected chi connectivity index (χ3v) is 5.47.